The SMILES string of the molecule is I.NC(=NCc1cc(F)cc2c1OCOC2)Nc1cccc2c1CCCC2. The predicted octanol–water partition coefficient (Wildman–Crippen LogP) is 4.12. The third-order valence-corrected chi connectivity index (χ3v) is 4.83. The average molecular weight is 483 g/mol. The van der Waals surface area contributed by atoms with Crippen LogP contribution in [0.3, 0.4) is 0 Å². The molecule has 144 valence electrons. The van der Waals surface area contributed by atoms with Crippen LogP contribution in [0.2, 0.25) is 0 Å². The van der Waals surface area contributed by atoms with Crippen molar-refractivity contribution in [1.82, 2.24) is 0 Å². The molecule has 1 heterocycles. The number of halogens is 2. The summed E-state index contributed by atoms with van der Waals surface area (Å²) >= 11 is 0. The molecule has 1 aliphatic heterocycles. The van der Waals surface area contributed by atoms with E-state index in [0.29, 0.717) is 29.4 Å². The molecule has 27 heavy (non-hydrogen) atoms. The van der Waals surface area contributed by atoms with Crippen molar-refractivity contribution in [2.45, 2.75) is 38.8 Å². The second-order valence-electron chi connectivity index (χ2n) is 6.64. The Balaban J connectivity index is 0.00000210. The van der Waals surface area contributed by atoms with Gasteiger partial charge < -0.3 is 20.5 Å². The van der Waals surface area contributed by atoms with E-state index in [1.165, 1.54) is 36.1 Å². The lowest BCUT2D eigenvalue weighted by molar-refractivity contribution is -0.0172. The van der Waals surface area contributed by atoms with Gasteiger partial charge in [-0.25, -0.2) is 9.38 Å². The number of fused-ring (bicyclic) bond motifs is 2. The molecule has 4 rings (SSSR count). The Morgan fingerprint density at radius 1 is 1.19 bits per heavy atom. The second kappa shape index (κ2) is 8.88. The summed E-state index contributed by atoms with van der Waals surface area (Å²) in [7, 11) is 0. The van der Waals surface area contributed by atoms with E-state index in [-0.39, 0.29) is 43.1 Å². The fourth-order valence-corrected chi connectivity index (χ4v) is 3.62. The molecular weight excluding hydrogens is 460 g/mol. The number of hydrogen-bond donors (Lipinski definition) is 2. The van der Waals surface area contributed by atoms with Crippen LogP contribution in [0.5, 0.6) is 5.75 Å². The van der Waals surface area contributed by atoms with Crippen LogP contribution in [0.4, 0.5) is 10.1 Å². The van der Waals surface area contributed by atoms with Crippen molar-refractivity contribution in [3.63, 3.8) is 0 Å². The third kappa shape index (κ3) is 4.52. The lowest BCUT2D eigenvalue weighted by Gasteiger charge is -2.21. The molecule has 0 aromatic heterocycles. The Kier molecular flexibility index (Phi) is 6.54. The van der Waals surface area contributed by atoms with Gasteiger partial charge in [-0.3, -0.25) is 0 Å². The number of anilines is 1. The van der Waals surface area contributed by atoms with E-state index in [2.05, 4.69) is 16.4 Å². The van der Waals surface area contributed by atoms with E-state index < -0.39 is 0 Å². The topological polar surface area (TPSA) is 68.9 Å². The Morgan fingerprint density at radius 3 is 2.93 bits per heavy atom. The normalized spacial score (nSPS) is 15.8. The summed E-state index contributed by atoms with van der Waals surface area (Å²) in [5, 5.41) is 3.20. The van der Waals surface area contributed by atoms with Crippen LogP contribution in [0.1, 0.15) is 35.1 Å². The first-order valence-corrected chi connectivity index (χ1v) is 8.90. The molecule has 0 radical (unpaired) electrons. The zero-order chi connectivity index (χ0) is 17.9. The number of aryl methyl sites for hydroxylation is 1. The summed E-state index contributed by atoms with van der Waals surface area (Å²) in [6, 6.07) is 9.10. The molecule has 0 saturated carbocycles. The molecule has 2 aromatic carbocycles. The van der Waals surface area contributed by atoms with Crippen molar-refractivity contribution in [3.05, 3.63) is 58.4 Å². The maximum absolute atomic E-state index is 13.8. The molecule has 2 aromatic rings. The fourth-order valence-electron chi connectivity index (χ4n) is 3.62. The minimum Gasteiger partial charge on any atom is -0.467 e. The van der Waals surface area contributed by atoms with Crippen LogP contribution in [-0.4, -0.2) is 12.8 Å². The first-order chi connectivity index (χ1) is 12.7. The number of nitrogens with two attached hydrogens (primary N) is 1. The summed E-state index contributed by atoms with van der Waals surface area (Å²) in [4.78, 5) is 4.38. The van der Waals surface area contributed by atoms with Crippen LogP contribution < -0.4 is 15.8 Å². The first-order valence-electron chi connectivity index (χ1n) is 8.90. The number of nitrogens with one attached hydrogen (secondary N) is 1. The van der Waals surface area contributed by atoms with Crippen molar-refractivity contribution in [2.24, 2.45) is 10.7 Å². The third-order valence-electron chi connectivity index (χ3n) is 4.83. The molecule has 0 spiro atoms. The summed E-state index contributed by atoms with van der Waals surface area (Å²) in [5.74, 6) is 0.632. The number of aliphatic imine (C=N–C) groups is 1. The van der Waals surface area contributed by atoms with Gasteiger partial charge in [0.2, 0.25) is 0 Å². The number of guanidine groups is 1. The molecule has 1 aliphatic carbocycles. The Hall–Kier alpha value is -1.87. The van der Waals surface area contributed by atoms with Crippen LogP contribution in [0.25, 0.3) is 0 Å². The molecule has 7 heteroatoms. The standard InChI is InChI=1S/C20H22FN3O2.HI/c21-16-8-14(19-15(9-16)11-25-12-26-19)10-23-20(22)24-18-7-3-5-13-4-1-2-6-17(13)18;/h3,5,7-9H,1-2,4,6,10-12H2,(H3,22,23,24);1H. The van der Waals surface area contributed by atoms with E-state index in [1.807, 2.05) is 12.1 Å². The summed E-state index contributed by atoms with van der Waals surface area (Å²) < 4.78 is 24.5. The Bertz CT molecular complexity index is 857. The van der Waals surface area contributed by atoms with E-state index in [9.17, 15) is 4.39 Å². The summed E-state index contributed by atoms with van der Waals surface area (Å²) in [6.07, 6.45) is 4.58. The number of hydrogen-bond acceptors (Lipinski definition) is 3. The van der Waals surface area contributed by atoms with E-state index in [0.717, 1.165) is 18.5 Å². The molecule has 0 fully saturated rings. The molecule has 0 saturated heterocycles. The highest BCUT2D eigenvalue weighted by Gasteiger charge is 2.17. The van der Waals surface area contributed by atoms with Gasteiger partial charge in [0.05, 0.1) is 13.2 Å². The van der Waals surface area contributed by atoms with E-state index in [1.54, 1.807) is 0 Å². The molecule has 3 N–H and O–H groups in total. The molecule has 2 aliphatic rings. The average Bonchev–Trinajstić information content (AvgIpc) is 2.66. The van der Waals surface area contributed by atoms with Crippen molar-refractivity contribution in [2.75, 3.05) is 12.1 Å². The molecule has 0 amide bonds. The Morgan fingerprint density at radius 2 is 2.04 bits per heavy atom. The number of benzene rings is 2. The van der Waals surface area contributed by atoms with Gasteiger partial charge in [0.15, 0.2) is 12.8 Å². The maximum Gasteiger partial charge on any atom is 0.193 e. The van der Waals surface area contributed by atoms with Gasteiger partial charge in [-0.1, -0.05) is 12.1 Å². The highest BCUT2D eigenvalue weighted by Crippen LogP contribution is 2.30. The lowest BCUT2D eigenvalue weighted by atomic mass is 9.90. The fraction of sp³-hybridized carbons (Fsp3) is 0.350. The number of nitrogens with zero attached hydrogens (tertiary/aromatic N) is 1. The van der Waals surface area contributed by atoms with Crippen LogP contribution in [-0.2, 0) is 30.7 Å². The highest BCUT2D eigenvalue weighted by atomic mass is 127. The van der Waals surface area contributed by atoms with Gasteiger partial charge in [0.25, 0.3) is 0 Å². The van der Waals surface area contributed by atoms with Gasteiger partial charge in [0.1, 0.15) is 11.6 Å². The molecule has 0 unspecified atom stereocenters. The van der Waals surface area contributed by atoms with Gasteiger partial charge >= 0.3 is 0 Å². The van der Waals surface area contributed by atoms with Crippen LogP contribution in [0.15, 0.2) is 35.3 Å². The summed E-state index contributed by atoms with van der Waals surface area (Å²) in [6.45, 7) is 0.751. The first kappa shape index (κ1) is 19.9. The van der Waals surface area contributed by atoms with Gasteiger partial charge in [-0.05, 0) is 55.0 Å². The van der Waals surface area contributed by atoms with Crippen molar-refractivity contribution >= 4 is 35.6 Å². The van der Waals surface area contributed by atoms with Gasteiger partial charge in [-0.2, -0.15) is 0 Å². The smallest absolute Gasteiger partial charge is 0.193 e. The number of rotatable bonds is 3. The zero-order valence-corrected chi connectivity index (χ0v) is 17.3. The molecular formula is C20H23FIN3O2. The van der Waals surface area contributed by atoms with Gasteiger partial charge in [0, 0.05) is 16.8 Å². The van der Waals surface area contributed by atoms with Crippen molar-refractivity contribution < 1.29 is 13.9 Å². The molecule has 0 atom stereocenters. The second-order valence-corrected chi connectivity index (χ2v) is 6.64. The zero-order valence-electron chi connectivity index (χ0n) is 15.0. The van der Waals surface area contributed by atoms with Gasteiger partial charge in [-0.15, -0.1) is 24.0 Å². The maximum atomic E-state index is 13.8. The predicted molar refractivity (Wildman–Crippen MR) is 114 cm³/mol. The minimum absolute atomic E-state index is 0. The van der Waals surface area contributed by atoms with Crippen molar-refractivity contribution in [3.8, 4) is 5.75 Å². The quantitative estimate of drug-likeness (QED) is 0.392. The van der Waals surface area contributed by atoms with E-state index >= 15 is 0 Å². The van der Waals surface area contributed by atoms with Crippen LogP contribution >= 0.6 is 24.0 Å². The number of ether oxygens (including phenoxy) is 2. The van der Waals surface area contributed by atoms with E-state index in [4.69, 9.17) is 15.2 Å². The van der Waals surface area contributed by atoms with Crippen LogP contribution in [0, 0.1) is 5.82 Å². The largest absolute Gasteiger partial charge is 0.467 e. The Labute approximate surface area is 175 Å². The minimum atomic E-state index is -0.327. The van der Waals surface area contributed by atoms with Crippen molar-refractivity contribution in [1.29, 1.82) is 0 Å². The summed E-state index contributed by atoms with van der Waals surface area (Å²) in [5.41, 5.74) is 11.2. The molecule has 0 bridgehead atoms. The monoisotopic (exact) mass is 483 g/mol. The highest BCUT2D eigenvalue weighted by molar-refractivity contribution is 14.0. The lowest BCUT2D eigenvalue weighted by Crippen LogP contribution is -2.24. The molecule has 5 nitrogen and oxygen atoms in total.